The summed E-state index contributed by atoms with van der Waals surface area (Å²) in [5.74, 6) is 0.151. The first-order valence-electron chi connectivity index (χ1n) is 5.18. The lowest BCUT2D eigenvalue weighted by Gasteiger charge is -1.96. The lowest BCUT2D eigenvalue weighted by Crippen LogP contribution is -1.89. The van der Waals surface area contributed by atoms with Crippen molar-refractivity contribution in [1.29, 1.82) is 5.26 Å². The summed E-state index contributed by atoms with van der Waals surface area (Å²) in [6.07, 6.45) is 1.54. The fraction of sp³-hybridized carbons (Fsp3) is 0. The zero-order valence-corrected chi connectivity index (χ0v) is 9.35. The van der Waals surface area contributed by atoms with Crippen molar-refractivity contribution < 1.29 is 9.34 Å². The summed E-state index contributed by atoms with van der Waals surface area (Å²) in [5, 5.41) is 27.2. The summed E-state index contributed by atoms with van der Waals surface area (Å²) in [6, 6.07) is 7.92. The highest BCUT2D eigenvalue weighted by Gasteiger charge is 2.17. The molecule has 3 aromatic rings. The lowest BCUT2D eigenvalue weighted by atomic mass is 10.3. The molecule has 3 heterocycles. The van der Waals surface area contributed by atoms with Crippen LogP contribution in [0.1, 0.15) is 5.56 Å². The van der Waals surface area contributed by atoms with Crippen molar-refractivity contribution in [2.45, 2.75) is 0 Å². The van der Waals surface area contributed by atoms with Crippen LogP contribution in [0.25, 0.3) is 17.2 Å². The molecule has 0 fully saturated rings. The SMILES string of the molecule is N#Cc1ccc2nnc(-c3ccc([N+](=O)[O-])o3)n2c1. The smallest absolute Gasteiger partial charge is 0.397 e. The highest BCUT2D eigenvalue weighted by molar-refractivity contribution is 5.56. The predicted octanol–water partition coefficient (Wildman–Crippen LogP) is 1.77. The van der Waals surface area contributed by atoms with Crippen molar-refractivity contribution in [2.24, 2.45) is 0 Å². The van der Waals surface area contributed by atoms with Crippen LogP contribution >= 0.6 is 0 Å². The molecule has 3 aromatic heterocycles. The Labute approximate surface area is 105 Å². The van der Waals surface area contributed by atoms with E-state index in [4.69, 9.17) is 9.68 Å². The molecular formula is C11H5N5O3. The number of hydrogen-bond donors (Lipinski definition) is 0. The highest BCUT2D eigenvalue weighted by atomic mass is 16.6. The molecule has 0 bridgehead atoms. The van der Waals surface area contributed by atoms with Gasteiger partial charge in [0.25, 0.3) is 0 Å². The van der Waals surface area contributed by atoms with E-state index in [2.05, 4.69) is 10.2 Å². The van der Waals surface area contributed by atoms with Gasteiger partial charge in [0, 0.05) is 6.20 Å². The summed E-state index contributed by atoms with van der Waals surface area (Å²) < 4.78 is 6.61. The van der Waals surface area contributed by atoms with Gasteiger partial charge in [0.15, 0.2) is 11.4 Å². The first-order chi connectivity index (χ1) is 9.19. The fourth-order valence-electron chi connectivity index (χ4n) is 1.67. The van der Waals surface area contributed by atoms with Gasteiger partial charge in [-0.05, 0) is 18.2 Å². The van der Waals surface area contributed by atoms with Gasteiger partial charge in [0.05, 0.1) is 11.6 Å². The molecule has 0 N–H and O–H groups in total. The molecule has 8 nitrogen and oxygen atoms in total. The molecular weight excluding hydrogens is 250 g/mol. The van der Waals surface area contributed by atoms with Crippen molar-refractivity contribution in [3.05, 3.63) is 46.1 Å². The summed E-state index contributed by atoms with van der Waals surface area (Å²) in [6.45, 7) is 0. The third-order valence-electron chi connectivity index (χ3n) is 2.52. The average Bonchev–Trinajstić information content (AvgIpc) is 3.03. The molecule has 0 radical (unpaired) electrons. The van der Waals surface area contributed by atoms with E-state index in [-0.39, 0.29) is 11.6 Å². The van der Waals surface area contributed by atoms with E-state index in [1.54, 1.807) is 22.7 Å². The molecule has 0 aromatic carbocycles. The van der Waals surface area contributed by atoms with Gasteiger partial charge in [0.2, 0.25) is 5.82 Å². The van der Waals surface area contributed by atoms with Gasteiger partial charge in [-0.1, -0.05) is 0 Å². The lowest BCUT2D eigenvalue weighted by molar-refractivity contribution is -0.401. The number of nitrogens with zero attached hydrogens (tertiary/aromatic N) is 5. The maximum absolute atomic E-state index is 10.6. The van der Waals surface area contributed by atoms with E-state index in [1.165, 1.54) is 12.1 Å². The molecule has 19 heavy (non-hydrogen) atoms. The second-order valence-electron chi connectivity index (χ2n) is 3.68. The third kappa shape index (κ3) is 1.69. The summed E-state index contributed by atoms with van der Waals surface area (Å²) in [5.41, 5.74) is 0.947. The normalized spacial score (nSPS) is 10.5. The second kappa shape index (κ2) is 3.92. The van der Waals surface area contributed by atoms with Crippen LogP contribution < -0.4 is 0 Å². The van der Waals surface area contributed by atoms with Gasteiger partial charge < -0.3 is 4.42 Å². The van der Waals surface area contributed by atoms with E-state index < -0.39 is 4.92 Å². The van der Waals surface area contributed by atoms with Gasteiger partial charge in [-0.3, -0.25) is 14.5 Å². The molecule has 0 amide bonds. The van der Waals surface area contributed by atoms with Crippen LogP contribution in [0.15, 0.2) is 34.9 Å². The third-order valence-corrected chi connectivity index (χ3v) is 2.52. The van der Waals surface area contributed by atoms with Gasteiger partial charge in [-0.15, -0.1) is 10.2 Å². The molecule has 8 heteroatoms. The Morgan fingerprint density at radius 3 is 2.84 bits per heavy atom. The Hall–Kier alpha value is -3.21. The molecule has 0 aliphatic heterocycles. The van der Waals surface area contributed by atoms with Crippen LogP contribution in [0.2, 0.25) is 0 Å². The largest absolute Gasteiger partial charge is 0.433 e. The Morgan fingerprint density at radius 2 is 2.16 bits per heavy atom. The summed E-state index contributed by atoms with van der Waals surface area (Å²) in [7, 11) is 0. The number of rotatable bonds is 2. The molecule has 0 aliphatic rings. The van der Waals surface area contributed by atoms with E-state index in [9.17, 15) is 10.1 Å². The van der Waals surface area contributed by atoms with Crippen molar-refractivity contribution >= 4 is 11.5 Å². The Bertz CT molecular complexity index is 826. The standard InChI is InChI=1S/C11H5N5O3/c12-5-7-1-3-9-13-14-11(15(9)6-7)8-2-4-10(19-8)16(17)18/h1-4,6H. The maximum atomic E-state index is 10.6. The maximum Gasteiger partial charge on any atom is 0.433 e. The second-order valence-corrected chi connectivity index (χ2v) is 3.68. The van der Waals surface area contributed by atoms with Crippen LogP contribution in [0.5, 0.6) is 0 Å². The number of nitro groups is 1. The highest BCUT2D eigenvalue weighted by Crippen LogP contribution is 2.25. The number of fused-ring (bicyclic) bond motifs is 1. The quantitative estimate of drug-likeness (QED) is 0.509. The van der Waals surface area contributed by atoms with Gasteiger partial charge in [-0.25, -0.2) is 0 Å². The van der Waals surface area contributed by atoms with E-state index in [0.717, 1.165) is 0 Å². The number of pyridine rings is 1. The molecule has 0 saturated carbocycles. The first-order valence-corrected chi connectivity index (χ1v) is 5.18. The van der Waals surface area contributed by atoms with Crippen LogP contribution in [0.3, 0.4) is 0 Å². The minimum absolute atomic E-state index is 0.217. The zero-order valence-electron chi connectivity index (χ0n) is 9.35. The molecule has 3 rings (SSSR count). The predicted molar refractivity (Wildman–Crippen MR) is 62.1 cm³/mol. The van der Waals surface area contributed by atoms with Crippen LogP contribution in [-0.2, 0) is 0 Å². The van der Waals surface area contributed by atoms with Crippen LogP contribution in [0, 0.1) is 21.4 Å². The van der Waals surface area contributed by atoms with E-state index in [0.29, 0.717) is 17.0 Å². The van der Waals surface area contributed by atoms with Crippen LogP contribution in [0.4, 0.5) is 5.88 Å². The van der Waals surface area contributed by atoms with Crippen molar-refractivity contribution in [3.63, 3.8) is 0 Å². The summed E-state index contributed by atoms with van der Waals surface area (Å²) >= 11 is 0. The van der Waals surface area contributed by atoms with Gasteiger partial charge >= 0.3 is 5.88 Å². The van der Waals surface area contributed by atoms with Crippen molar-refractivity contribution in [3.8, 4) is 17.7 Å². The molecule has 0 atom stereocenters. The molecule has 92 valence electrons. The first kappa shape index (κ1) is 10.9. The molecule has 0 spiro atoms. The molecule has 0 saturated heterocycles. The Balaban J connectivity index is 2.19. The average molecular weight is 255 g/mol. The van der Waals surface area contributed by atoms with Crippen molar-refractivity contribution in [2.75, 3.05) is 0 Å². The monoisotopic (exact) mass is 255 g/mol. The Kier molecular flexibility index (Phi) is 2.25. The van der Waals surface area contributed by atoms with Crippen molar-refractivity contribution in [1.82, 2.24) is 14.6 Å². The number of aromatic nitrogens is 3. The fourth-order valence-corrected chi connectivity index (χ4v) is 1.67. The van der Waals surface area contributed by atoms with Gasteiger partial charge in [0.1, 0.15) is 11.0 Å². The topological polar surface area (TPSA) is 110 Å². The van der Waals surface area contributed by atoms with E-state index >= 15 is 0 Å². The van der Waals surface area contributed by atoms with E-state index in [1.807, 2.05) is 6.07 Å². The molecule has 0 unspecified atom stereocenters. The number of furan rings is 1. The Morgan fingerprint density at radius 1 is 1.32 bits per heavy atom. The number of hydrogen-bond acceptors (Lipinski definition) is 6. The minimum Gasteiger partial charge on any atom is -0.397 e. The van der Waals surface area contributed by atoms with Gasteiger partial charge in [-0.2, -0.15) is 5.26 Å². The minimum atomic E-state index is -0.632. The molecule has 0 aliphatic carbocycles. The summed E-state index contributed by atoms with van der Waals surface area (Å²) in [4.78, 5) is 9.94. The van der Waals surface area contributed by atoms with Crippen LogP contribution in [-0.4, -0.2) is 19.5 Å². The number of nitriles is 1. The zero-order chi connectivity index (χ0) is 13.4.